The van der Waals surface area contributed by atoms with Gasteiger partial charge in [-0.05, 0) is 47.7 Å². The van der Waals surface area contributed by atoms with Crippen molar-refractivity contribution in [2.75, 3.05) is 5.33 Å². The standard InChI is InChI=1S/C18H19BrO4S/c1-3-6-13-7-4-5-8-14(13)15-10-18(24(21,22)23)16(9-12(15)2)17(20)11-19/h4-5,7-10H,3,6,11H2,1-2H3,(H,21,22,23). The molecule has 0 aliphatic heterocycles. The Morgan fingerprint density at radius 3 is 2.42 bits per heavy atom. The third-order valence-electron chi connectivity index (χ3n) is 3.85. The Kier molecular flexibility index (Phi) is 5.96. The number of hydrogen-bond donors (Lipinski definition) is 1. The maximum Gasteiger partial charge on any atom is 0.295 e. The molecular formula is C18H19BrO4S. The van der Waals surface area contributed by atoms with Gasteiger partial charge in [-0.25, -0.2) is 0 Å². The number of ketones is 1. The van der Waals surface area contributed by atoms with Crippen LogP contribution in [0.3, 0.4) is 0 Å². The van der Waals surface area contributed by atoms with Gasteiger partial charge < -0.3 is 0 Å². The molecule has 0 aliphatic rings. The summed E-state index contributed by atoms with van der Waals surface area (Å²) in [6.07, 6.45) is 1.82. The topological polar surface area (TPSA) is 71.4 Å². The molecule has 2 aromatic rings. The minimum atomic E-state index is -4.50. The van der Waals surface area contributed by atoms with Crippen LogP contribution in [0.25, 0.3) is 11.1 Å². The summed E-state index contributed by atoms with van der Waals surface area (Å²) >= 11 is 3.05. The summed E-state index contributed by atoms with van der Waals surface area (Å²) in [6, 6.07) is 10.7. The van der Waals surface area contributed by atoms with Gasteiger partial charge in [-0.1, -0.05) is 53.5 Å². The van der Waals surface area contributed by atoms with Gasteiger partial charge in [0, 0.05) is 5.56 Å². The highest BCUT2D eigenvalue weighted by Gasteiger charge is 2.22. The van der Waals surface area contributed by atoms with E-state index in [-0.39, 0.29) is 21.6 Å². The van der Waals surface area contributed by atoms with Crippen LogP contribution in [0.1, 0.15) is 34.8 Å². The van der Waals surface area contributed by atoms with Crippen molar-refractivity contribution in [2.24, 2.45) is 0 Å². The number of rotatable bonds is 6. The molecular weight excluding hydrogens is 392 g/mol. The molecule has 0 radical (unpaired) electrons. The average Bonchev–Trinajstić information content (AvgIpc) is 2.54. The maximum atomic E-state index is 12.0. The number of aryl methyl sites for hydroxylation is 2. The van der Waals surface area contributed by atoms with Crippen LogP contribution < -0.4 is 0 Å². The van der Waals surface area contributed by atoms with E-state index in [1.807, 2.05) is 31.2 Å². The Hall–Kier alpha value is -1.50. The summed E-state index contributed by atoms with van der Waals surface area (Å²) in [4.78, 5) is 11.7. The lowest BCUT2D eigenvalue weighted by Gasteiger charge is -2.15. The first-order chi connectivity index (χ1) is 11.3. The van der Waals surface area contributed by atoms with E-state index < -0.39 is 10.1 Å². The van der Waals surface area contributed by atoms with Crippen LogP contribution in [0.5, 0.6) is 0 Å². The number of Topliss-reactive ketones (excluding diaryl/α,β-unsaturated/α-hetero) is 1. The van der Waals surface area contributed by atoms with Crippen LogP contribution in [0.15, 0.2) is 41.3 Å². The molecule has 0 aliphatic carbocycles. The number of alkyl halides is 1. The van der Waals surface area contributed by atoms with Gasteiger partial charge in [0.05, 0.1) is 5.33 Å². The van der Waals surface area contributed by atoms with Crippen molar-refractivity contribution in [1.82, 2.24) is 0 Å². The first-order valence-corrected chi connectivity index (χ1v) is 10.1. The van der Waals surface area contributed by atoms with Crippen LogP contribution >= 0.6 is 15.9 Å². The van der Waals surface area contributed by atoms with Crippen molar-refractivity contribution < 1.29 is 17.8 Å². The monoisotopic (exact) mass is 410 g/mol. The lowest BCUT2D eigenvalue weighted by molar-refractivity contribution is 0.102. The van der Waals surface area contributed by atoms with E-state index in [4.69, 9.17) is 0 Å². The van der Waals surface area contributed by atoms with Gasteiger partial charge >= 0.3 is 0 Å². The molecule has 0 spiro atoms. The molecule has 0 aromatic heterocycles. The quantitative estimate of drug-likeness (QED) is 0.434. The fraction of sp³-hybridized carbons (Fsp3) is 0.278. The second-order valence-corrected chi connectivity index (χ2v) is 7.55. The zero-order chi connectivity index (χ0) is 17.9. The summed E-state index contributed by atoms with van der Waals surface area (Å²) < 4.78 is 33.1. The zero-order valence-electron chi connectivity index (χ0n) is 13.5. The number of carbonyl (C=O) groups excluding carboxylic acids is 1. The summed E-state index contributed by atoms with van der Waals surface area (Å²) in [7, 11) is -4.50. The van der Waals surface area contributed by atoms with Gasteiger partial charge in [-0.2, -0.15) is 8.42 Å². The summed E-state index contributed by atoms with van der Waals surface area (Å²) in [5.41, 5.74) is 3.51. The highest BCUT2D eigenvalue weighted by Crippen LogP contribution is 2.32. The van der Waals surface area contributed by atoms with Crippen molar-refractivity contribution >= 4 is 31.8 Å². The first kappa shape index (κ1) is 18.8. The van der Waals surface area contributed by atoms with E-state index in [0.717, 1.165) is 29.5 Å². The highest BCUT2D eigenvalue weighted by molar-refractivity contribution is 9.09. The first-order valence-electron chi connectivity index (χ1n) is 7.59. The van der Waals surface area contributed by atoms with Gasteiger partial charge in [0.15, 0.2) is 5.78 Å². The number of carbonyl (C=O) groups is 1. The molecule has 0 fully saturated rings. The molecule has 0 heterocycles. The van der Waals surface area contributed by atoms with Crippen LogP contribution in [-0.4, -0.2) is 24.1 Å². The fourth-order valence-corrected chi connectivity index (χ4v) is 3.77. The summed E-state index contributed by atoms with van der Waals surface area (Å²) in [6.45, 7) is 3.90. The van der Waals surface area contributed by atoms with Gasteiger partial charge in [-0.15, -0.1) is 0 Å². The van der Waals surface area contributed by atoms with E-state index >= 15 is 0 Å². The van der Waals surface area contributed by atoms with Crippen molar-refractivity contribution in [3.63, 3.8) is 0 Å². The van der Waals surface area contributed by atoms with E-state index in [2.05, 4.69) is 22.9 Å². The molecule has 4 nitrogen and oxygen atoms in total. The molecule has 128 valence electrons. The Morgan fingerprint density at radius 2 is 1.83 bits per heavy atom. The van der Waals surface area contributed by atoms with Crippen molar-refractivity contribution in [3.05, 3.63) is 53.1 Å². The lowest BCUT2D eigenvalue weighted by atomic mass is 9.92. The molecule has 0 amide bonds. The van der Waals surface area contributed by atoms with Gasteiger partial charge in [0.2, 0.25) is 0 Å². The van der Waals surface area contributed by atoms with Gasteiger partial charge in [0.25, 0.3) is 10.1 Å². The molecule has 0 atom stereocenters. The molecule has 24 heavy (non-hydrogen) atoms. The summed E-state index contributed by atoms with van der Waals surface area (Å²) in [5.74, 6) is -0.390. The Labute approximate surface area is 150 Å². The number of halogens is 1. The Balaban J connectivity index is 2.76. The predicted octanol–water partition coefficient (Wildman–Crippen LogP) is 4.44. The number of hydrogen-bond acceptors (Lipinski definition) is 3. The van der Waals surface area contributed by atoms with E-state index in [9.17, 15) is 17.8 Å². The molecule has 0 bridgehead atoms. The minimum absolute atomic E-state index is 0.00333. The normalized spacial score (nSPS) is 11.5. The van der Waals surface area contributed by atoms with Gasteiger partial charge in [-0.3, -0.25) is 9.35 Å². The van der Waals surface area contributed by atoms with E-state index in [1.54, 1.807) is 0 Å². The van der Waals surface area contributed by atoms with Crippen LogP contribution in [0, 0.1) is 6.92 Å². The molecule has 2 aromatic carbocycles. The third kappa shape index (κ3) is 3.94. The molecule has 0 saturated heterocycles. The predicted molar refractivity (Wildman–Crippen MR) is 98.5 cm³/mol. The zero-order valence-corrected chi connectivity index (χ0v) is 15.9. The van der Waals surface area contributed by atoms with E-state index in [1.165, 1.54) is 12.1 Å². The SMILES string of the molecule is CCCc1ccccc1-c1cc(S(=O)(=O)O)c(C(=O)CBr)cc1C. The van der Waals surface area contributed by atoms with Gasteiger partial charge in [0.1, 0.15) is 4.90 Å². The minimum Gasteiger partial charge on any atom is -0.293 e. The molecule has 1 N–H and O–H groups in total. The lowest BCUT2D eigenvalue weighted by Crippen LogP contribution is -2.11. The fourth-order valence-electron chi connectivity index (χ4n) is 2.75. The molecule has 6 heteroatoms. The maximum absolute atomic E-state index is 12.0. The van der Waals surface area contributed by atoms with Crippen molar-refractivity contribution in [1.29, 1.82) is 0 Å². The Bertz CT molecular complexity index is 873. The highest BCUT2D eigenvalue weighted by atomic mass is 79.9. The third-order valence-corrected chi connectivity index (χ3v) is 5.26. The van der Waals surface area contributed by atoms with E-state index in [0.29, 0.717) is 5.56 Å². The second kappa shape index (κ2) is 7.59. The molecule has 0 saturated carbocycles. The second-order valence-electron chi connectivity index (χ2n) is 5.60. The van der Waals surface area contributed by atoms with Crippen LogP contribution in [-0.2, 0) is 16.5 Å². The largest absolute Gasteiger partial charge is 0.295 e. The smallest absolute Gasteiger partial charge is 0.293 e. The van der Waals surface area contributed by atoms with Crippen LogP contribution in [0.4, 0.5) is 0 Å². The van der Waals surface area contributed by atoms with Crippen molar-refractivity contribution in [3.8, 4) is 11.1 Å². The van der Waals surface area contributed by atoms with Crippen LogP contribution in [0.2, 0.25) is 0 Å². The van der Waals surface area contributed by atoms with Crippen molar-refractivity contribution in [2.45, 2.75) is 31.6 Å². The Morgan fingerprint density at radius 1 is 1.17 bits per heavy atom. The average molecular weight is 411 g/mol. The molecule has 2 rings (SSSR count). The summed E-state index contributed by atoms with van der Waals surface area (Å²) in [5, 5.41) is -0.0132. The number of benzene rings is 2. The molecule has 0 unspecified atom stereocenters.